The lowest BCUT2D eigenvalue weighted by Gasteiger charge is -2.18. The zero-order valence-electron chi connectivity index (χ0n) is 25.3. The van der Waals surface area contributed by atoms with Gasteiger partial charge in [0.25, 0.3) is 11.8 Å². The van der Waals surface area contributed by atoms with Gasteiger partial charge in [0, 0.05) is 52.3 Å². The molecule has 5 aromatic rings. The molecule has 1 aliphatic rings. The summed E-state index contributed by atoms with van der Waals surface area (Å²) < 4.78 is 6.14. The van der Waals surface area contributed by atoms with Crippen LogP contribution in [0.15, 0.2) is 78.2 Å². The molecule has 9 nitrogen and oxygen atoms in total. The van der Waals surface area contributed by atoms with E-state index in [9.17, 15) is 19.5 Å². The third kappa shape index (κ3) is 6.13. The second-order valence-corrected chi connectivity index (χ2v) is 12.0. The van der Waals surface area contributed by atoms with Crippen LogP contribution in [-0.4, -0.2) is 34.5 Å². The fourth-order valence-corrected chi connectivity index (χ4v) is 6.69. The first kappa shape index (κ1) is 30.7. The number of fused-ring (bicyclic) bond motifs is 3. The van der Waals surface area contributed by atoms with E-state index in [4.69, 9.17) is 10.5 Å². The second-order valence-electron chi connectivity index (χ2n) is 11.1. The van der Waals surface area contributed by atoms with Crippen LogP contribution in [0, 0.1) is 13.8 Å². The lowest BCUT2D eigenvalue weighted by atomic mass is 9.93. The highest BCUT2D eigenvalue weighted by Crippen LogP contribution is 2.43. The Hall–Kier alpha value is -5.32. The number of amides is 2. The van der Waals surface area contributed by atoms with Gasteiger partial charge in [-0.3, -0.25) is 9.59 Å². The van der Waals surface area contributed by atoms with Gasteiger partial charge in [-0.2, -0.15) is 0 Å². The summed E-state index contributed by atoms with van der Waals surface area (Å²) in [6, 6.07) is 21.7. The van der Waals surface area contributed by atoms with Crippen molar-refractivity contribution in [3.05, 3.63) is 123 Å². The summed E-state index contributed by atoms with van der Waals surface area (Å²) in [5.41, 5.74) is 12.3. The fraction of sp³-hybridized carbons (Fsp3) is 0.167. The Morgan fingerprint density at radius 1 is 0.913 bits per heavy atom. The molecule has 0 spiro atoms. The molecule has 1 aliphatic heterocycles. The number of pyridine rings is 1. The standard InChI is InChI=1S/C36H32N4O5S/c1-20-14-23(18-37)15-21(2)31(20)40-34(41)27-16-28-30(45-12-10-24-11-13-46-33(24)28)17-26(27)25-8-9-29(39-32(25)36(43)44)35(42)38-19-22-6-4-3-5-7-22/h3-9,11,13-17H,10,12,18-19,37H2,1-2H3,(H,38,42)(H,40,41)(H,43,44). The fourth-order valence-electron chi connectivity index (χ4n) is 5.71. The van der Waals surface area contributed by atoms with Gasteiger partial charge in [0.05, 0.1) is 6.61 Å². The van der Waals surface area contributed by atoms with Crippen molar-refractivity contribution in [3.63, 3.8) is 0 Å². The van der Waals surface area contributed by atoms with E-state index >= 15 is 0 Å². The Balaban J connectivity index is 1.44. The Labute approximate surface area is 270 Å². The lowest BCUT2D eigenvalue weighted by Crippen LogP contribution is -2.24. The molecule has 0 atom stereocenters. The highest BCUT2D eigenvalue weighted by atomic mass is 32.1. The van der Waals surface area contributed by atoms with E-state index in [2.05, 4.69) is 15.6 Å². The molecule has 0 bridgehead atoms. The number of aromatic nitrogens is 1. The van der Waals surface area contributed by atoms with Gasteiger partial charge in [0.15, 0.2) is 5.69 Å². The van der Waals surface area contributed by atoms with Crippen molar-refractivity contribution in [1.29, 1.82) is 0 Å². The number of carboxylic acids is 1. The van der Waals surface area contributed by atoms with Gasteiger partial charge < -0.3 is 26.2 Å². The van der Waals surface area contributed by atoms with E-state index in [0.29, 0.717) is 36.6 Å². The second kappa shape index (κ2) is 13.0. The van der Waals surface area contributed by atoms with E-state index in [1.54, 1.807) is 23.5 Å². The van der Waals surface area contributed by atoms with E-state index in [-0.39, 0.29) is 29.1 Å². The van der Waals surface area contributed by atoms with Gasteiger partial charge in [-0.25, -0.2) is 9.78 Å². The van der Waals surface area contributed by atoms with Crippen LogP contribution in [-0.2, 0) is 19.5 Å². The molecular formula is C36H32N4O5S. The Morgan fingerprint density at radius 3 is 2.39 bits per heavy atom. The van der Waals surface area contributed by atoms with Crippen LogP contribution >= 0.6 is 11.3 Å². The van der Waals surface area contributed by atoms with Crippen LogP contribution in [0.3, 0.4) is 0 Å². The Kier molecular flexibility index (Phi) is 8.65. The SMILES string of the molecule is Cc1cc(CN)cc(C)c1NC(=O)c1cc2c(cc1-c1ccc(C(=O)NCc3ccccc3)nc1C(=O)O)OCCc1ccsc1-2. The average Bonchev–Trinajstić information content (AvgIpc) is 3.46. The number of rotatable bonds is 8. The molecule has 2 amide bonds. The minimum Gasteiger partial charge on any atom is -0.493 e. The number of carbonyl (C=O) groups is 3. The molecular weight excluding hydrogens is 600 g/mol. The van der Waals surface area contributed by atoms with Gasteiger partial charge in [0.1, 0.15) is 11.4 Å². The van der Waals surface area contributed by atoms with Crippen molar-refractivity contribution in [2.24, 2.45) is 5.73 Å². The summed E-state index contributed by atoms with van der Waals surface area (Å²) in [4.78, 5) is 45.0. The smallest absolute Gasteiger partial charge is 0.355 e. The maximum absolute atomic E-state index is 14.2. The Bertz CT molecular complexity index is 1960. The number of carbonyl (C=O) groups excluding carboxylic acids is 2. The summed E-state index contributed by atoms with van der Waals surface area (Å²) in [6.45, 7) is 4.87. The number of aryl methyl sites for hydroxylation is 2. The molecule has 0 aliphatic carbocycles. The molecule has 0 saturated carbocycles. The van der Waals surface area contributed by atoms with Crippen LogP contribution in [0.25, 0.3) is 21.6 Å². The van der Waals surface area contributed by atoms with Crippen molar-refractivity contribution in [2.75, 3.05) is 11.9 Å². The number of hydrogen-bond acceptors (Lipinski definition) is 7. The topological polar surface area (TPSA) is 144 Å². The van der Waals surface area contributed by atoms with Gasteiger partial charge in [-0.05, 0) is 77.4 Å². The van der Waals surface area contributed by atoms with Crippen LogP contribution in [0.5, 0.6) is 5.75 Å². The van der Waals surface area contributed by atoms with E-state index in [1.165, 1.54) is 12.1 Å². The maximum atomic E-state index is 14.2. The zero-order valence-corrected chi connectivity index (χ0v) is 26.2. The third-order valence-electron chi connectivity index (χ3n) is 7.97. The minimum absolute atomic E-state index is 0.0523. The van der Waals surface area contributed by atoms with Crippen molar-refractivity contribution in [1.82, 2.24) is 10.3 Å². The van der Waals surface area contributed by atoms with Crippen molar-refractivity contribution < 1.29 is 24.2 Å². The molecule has 0 unspecified atom stereocenters. The molecule has 10 heteroatoms. The van der Waals surface area contributed by atoms with Gasteiger partial charge in [-0.1, -0.05) is 42.5 Å². The zero-order chi connectivity index (χ0) is 32.4. The highest BCUT2D eigenvalue weighted by Gasteiger charge is 2.27. The highest BCUT2D eigenvalue weighted by molar-refractivity contribution is 7.13. The first-order valence-corrected chi connectivity index (χ1v) is 15.7. The predicted molar refractivity (Wildman–Crippen MR) is 179 cm³/mol. The average molecular weight is 633 g/mol. The van der Waals surface area contributed by atoms with Gasteiger partial charge in [-0.15, -0.1) is 11.3 Å². The number of aromatic carboxylic acids is 1. The number of ether oxygens (including phenoxy) is 1. The number of anilines is 1. The van der Waals surface area contributed by atoms with E-state index in [1.807, 2.05) is 67.8 Å². The molecule has 6 rings (SSSR count). The summed E-state index contributed by atoms with van der Waals surface area (Å²) in [6.07, 6.45) is 0.699. The predicted octanol–water partition coefficient (Wildman–Crippen LogP) is 6.37. The van der Waals surface area contributed by atoms with Gasteiger partial charge >= 0.3 is 5.97 Å². The molecule has 0 saturated heterocycles. The number of hydrogen-bond donors (Lipinski definition) is 4. The monoisotopic (exact) mass is 632 g/mol. The molecule has 232 valence electrons. The van der Waals surface area contributed by atoms with Crippen molar-refractivity contribution in [3.8, 4) is 27.3 Å². The normalized spacial score (nSPS) is 11.9. The largest absolute Gasteiger partial charge is 0.493 e. The minimum atomic E-state index is -1.33. The number of nitrogens with zero attached hydrogens (tertiary/aromatic N) is 1. The summed E-state index contributed by atoms with van der Waals surface area (Å²) >= 11 is 1.56. The molecule has 2 aromatic heterocycles. The van der Waals surface area contributed by atoms with Crippen LogP contribution in [0.2, 0.25) is 0 Å². The van der Waals surface area contributed by atoms with Crippen LogP contribution in [0.1, 0.15) is 59.2 Å². The molecule has 3 heterocycles. The molecule has 5 N–H and O–H groups in total. The Morgan fingerprint density at radius 2 is 1.67 bits per heavy atom. The van der Waals surface area contributed by atoms with Crippen molar-refractivity contribution >= 4 is 34.8 Å². The van der Waals surface area contributed by atoms with Crippen LogP contribution < -0.4 is 21.1 Å². The number of benzene rings is 3. The number of carboxylic acid groups (broad SMARTS) is 1. The van der Waals surface area contributed by atoms with E-state index in [0.717, 1.165) is 38.3 Å². The van der Waals surface area contributed by atoms with Crippen LogP contribution in [0.4, 0.5) is 5.69 Å². The summed E-state index contributed by atoms with van der Waals surface area (Å²) in [5.74, 6) is -1.74. The number of nitrogens with one attached hydrogen (secondary N) is 2. The first-order valence-electron chi connectivity index (χ1n) is 14.8. The van der Waals surface area contributed by atoms with Gasteiger partial charge in [0.2, 0.25) is 0 Å². The lowest BCUT2D eigenvalue weighted by molar-refractivity contribution is 0.0691. The summed E-state index contributed by atoms with van der Waals surface area (Å²) in [5, 5.41) is 18.1. The quantitative estimate of drug-likeness (QED) is 0.156. The number of thiophene rings is 1. The number of nitrogens with two attached hydrogens (primary N) is 1. The first-order chi connectivity index (χ1) is 22.2. The molecule has 46 heavy (non-hydrogen) atoms. The third-order valence-corrected chi connectivity index (χ3v) is 8.96. The molecule has 0 radical (unpaired) electrons. The van der Waals surface area contributed by atoms with E-state index < -0.39 is 17.8 Å². The molecule has 0 fully saturated rings. The molecule has 3 aromatic carbocycles. The maximum Gasteiger partial charge on any atom is 0.355 e. The summed E-state index contributed by atoms with van der Waals surface area (Å²) in [7, 11) is 0. The van der Waals surface area contributed by atoms with Crippen molar-refractivity contribution in [2.45, 2.75) is 33.4 Å².